The molecule has 0 N–H and O–H groups in total. The van der Waals surface area contributed by atoms with E-state index in [1.54, 1.807) is 6.20 Å². The second kappa shape index (κ2) is 2.42. The van der Waals surface area contributed by atoms with Crippen molar-refractivity contribution >= 4 is 22.6 Å². The number of aromatic nitrogens is 4. The Morgan fingerprint density at radius 2 is 2.31 bits per heavy atom. The van der Waals surface area contributed by atoms with E-state index in [1.165, 1.54) is 12.8 Å². The zero-order valence-electron chi connectivity index (χ0n) is 6.81. The summed E-state index contributed by atoms with van der Waals surface area (Å²) in [4.78, 5) is 4.21. The first-order chi connectivity index (χ1) is 6.36. The number of fused-ring (bicyclic) bond motifs is 1. The van der Waals surface area contributed by atoms with Crippen molar-refractivity contribution in [3.05, 3.63) is 17.7 Å². The molecule has 4 nitrogen and oxygen atoms in total. The van der Waals surface area contributed by atoms with Crippen LogP contribution in [0.3, 0.4) is 0 Å². The molecule has 0 aliphatic heterocycles. The van der Waals surface area contributed by atoms with E-state index in [9.17, 15) is 0 Å². The van der Waals surface area contributed by atoms with Crippen LogP contribution in [0, 0.1) is 0 Å². The molecule has 0 atom stereocenters. The van der Waals surface area contributed by atoms with Gasteiger partial charge >= 0.3 is 0 Å². The van der Waals surface area contributed by atoms with Gasteiger partial charge in [0.15, 0.2) is 5.15 Å². The monoisotopic (exact) mass is 194 g/mol. The fraction of sp³-hybridized carbons (Fsp3) is 0.375. The Balaban J connectivity index is 2.32. The van der Waals surface area contributed by atoms with Crippen LogP contribution < -0.4 is 0 Å². The molecule has 1 aliphatic carbocycles. The van der Waals surface area contributed by atoms with Crippen molar-refractivity contribution in [1.29, 1.82) is 0 Å². The maximum Gasteiger partial charge on any atom is 0.179 e. The summed E-state index contributed by atoms with van der Waals surface area (Å²) in [6.45, 7) is 0. The van der Waals surface area contributed by atoms with Crippen molar-refractivity contribution in [2.24, 2.45) is 0 Å². The van der Waals surface area contributed by atoms with Gasteiger partial charge in [-0.25, -0.2) is 4.98 Å². The summed E-state index contributed by atoms with van der Waals surface area (Å²) in [6.07, 6.45) is 5.99. The molecular formula is C8H7ClN4. The minimum Gasteiger partial charge on any atom is -0.326 e. The van der Waals surface area contributed by atoms with Gasteiger partial charge in [0.1, 0.15) is 5.52 Å². The summed E-state index contributed by atoms with van der Waals surface area (Å²) < 4.78 is 2.12. The van der Waals surface area contributed by atoms with Crippen molar-refractivity contribution in [1.82, 2.24) is 19.7 Å². The number of nitrogens with zero attached hydrogens (tertiary/aromatic N) is 4. The van der Waals surface area contributed by atoms with Gasteiger partial charge < -0.3 is 4.57 Å². The Morgan fingerprint density at radius 3 is 3.08 bits per heavy atom. The van der Waals surface area contributed by atoms with E-state index in [-0.39, 0.29) is 0 Å². The first kappa shape index (κ1) is 7.26. The molecule has 0 aromatic carbocycles. The number of imidazole rings is 1. The summed E-state index contributed by atoms with van der Waals surface area (Å²) in [7, 11) is 0. The van der Waals surface area contributed by atoms with Crippen LogP contribution in [-0.2, 0) is 0 Å². The highest BCUT2D eigenvalue weighted by Crippen LogP contribution is 2.37. The largest absolute Gasteiger partial charge is 0.326 e. The SMILES string of the molecule is Clc1nncc2c1ncn2C1CC1. The highest BCUT2D eigenvalue weighted by Gasteiger charge is 2.25. The Labute approximate surface area is 79.6 Å². The molecule has 0 spiro atoms. The van der Waals surface area contributed by atoms with Crippen molar-refractivity contribution in [2.45, 2.75) is 18.9 Å². The second-order valence-corrected chi connectivity index (χ2v) is 3.61. The first-order valence-corrected chi connectivity index (χ1v) is 4.58. The van der Waals surface area contributed by atoms with E-state index in [2.05, 4.69) is 19.7 Å². The maximum atomic E-state index is 5.85. The van der Waals surface area contributed by atoms with Gasteiger partial charge in [0.2, 0.25) is 0 Å². The van der Waals surface area contributed by atoms with Crippen molar-refractivity contribution in [3.8, 4) is 0 Å². The number of hydrogen-bond donors (Lipinski definition) is 0. The summed E-state index contributed by atoms with van der Waals surface area (Å²) >= 11 is 5.85. The molecule has 1 aliphatic rings. The lowest BCUT2D eigenvalue weighted by molar-refractivity contribution is 0.763. The van der Waals surface area contributed by atoms with Crippen LogP contribution in [0.4, 0.5) is 0 Å². The van der Waals surface area contributed by atoms with E-state index >= 15 is 0 Å². The Kier molecular flexibility index (Phi) is 1.35. The smallest absolute Gasteiger partial charge is 0.179 e. The molecule has 2 aromatic heterocycles. The van der Waals surface area contributed by atoms with Crippen LogP contribution in [0.2, 0.25) is 5.15 Å². The molecule has 1 fully saturated rings. The van der Waals surface area contributed by atoms with Gasteiger partial charge in [-0.15, -0.1) is 5.10 Å². The first-order valence-electron chi connectivity index (χ1n) is 4.20. The lowest BCUT2D eigenvalue weighted by Crippen LogP contribution is -1.91. The molecule has 0 radical (unpaired) electrons. The van der Waals surface area contributed by atoms with Crippen LogP contribution in [0.1, 0.15) is 18.9 Å². The normalized spacial score (nSPS) is 16.7. The van der Waals surface area contributed by atoms with Gasteiger partial charge in [-0.1, -0.05) is 11.6 Å². The summed E-state index contributed by atoms with van der Waals surface area (Å²) in [5.41, 5.74) is 1.74. The third-order valence-electron chi connectivity index (χ3n) is 2.29. The predicted molar refractivity (Wildman–Crippen MR) is 48.6 cm³/mol. The topological polar surface area (TPSA) is 43.6 Å². The predicted octanol–water partition coefficient (Wildman–Crippen LogP) is 1.81. The van der Waals surface area contributed by atoms with Crippen molar-refractivity contribution in [3.63, 3.8) is 0 Å². The average Bonchev–Trinajstić information content (AvgIpc) is 2.87. The highest BCUT2D eigenvalue weighted by atomic mass is 35.5. The fourth-order valence-corrected chi connectivity index (χ4v) is 1.67. The number of hydrogen-bond acceptors (Lipinski definition) is 3. The van der Waals surface area contributed by atoms with E-state index in [1.807, 2.05) is 6.33 Å². The standard InChI is InChI=1S/C8H7ClN4/c9-8-7-6(3-11-12-8)13(4-10-7)5-1-2-5/h3-5H,1-2H2. The zero-order chi connectivity index (χ0) is 8.84. The van der Waals surface area contributed by atoms with Gasteiger partial charge in [-0.05, 0) is 12.8 Å². The molecule has 0 amide bonds. The molecule has 0 unspecified atom stereocenters. The molecule has 66 valence electrons. The van der Waals surface area contributed by atoms with E-state index in [0.717, 1.165) is 11.0 Å². The molecule has 2 heterocycles. The summed E-state index contributed by atoms with van der Waals surface area (Å²) in [5, 5.41) is 7.94. The van der Waals surface area contributed by atoms with Crippen LogP contribution in [0.15, 0.2) is 12.5 Å². The molecular weight excluding hydrogens is 188 g/mol. The fourth-order valence-electron chi connectivity index (χ4n) is 1.48. The summed E-state index contributed by atoms with van der Waals surface area (Å²) in [6, 6.07) is 0.602. The molecule has 2 aromatic rings. The molecule has 0 bridgehead atoms. The van der Waals surface area contributed by atoms with E-state index in [0.29, 0.717) is 11.2 Å². The number of rotatable bonds is 1. The highest BCUT2D eigenvalue weighted by molar-refractivity contribution is 6.33. The second-order valence-electron chi connectivity index (χ2n) is 3.25. The van der Waals surface area contributed by atoms with Crippen LogP contribution >= 0.6 is 11.6 Å². The van der Waals surface area contributed by atoms with Crippen molar-refractivity contribution in [2.75, 3.05) is 0 Å². The zero-order valence-corrected chi connectivity index (χ0v) is 7.57. The Morgan fingerprint density at radius 1 is 1.46 bits per heavy atom. The van der Waals surface area contributed by atoms with Crippen LogP contribution in [0.5, 0.6) is 0 Å². The van der Waals surface area contributed by atoms with E-state index < -0.39 is 0 Å². The van der Waals surface area contributed by atoms with Crippen LogP contribution in [0.25, 0.3) is 11.0 Å². The molecule has 13 heavy (non-hydrogen) atoms. The number of halogens is 1. The summed E-state index contributed by atoms with van der Waals surface area (Å²) in [5.74, 6) is 0. The van der Waals surface area contributed by atoms with Gasteiger partial charge in [0, 0.05) is 6.04 Å². The molecule has 0 saturated heterocycles. The van der Waals surface area contributed by atoms with E-state index in [4.69, 9.17) is 11.6 Å². The third-order valence-corrected chi connectivity index (χ3v) is 2.55. The molecule has 1 saturated carbocycles. The quantitative estimate of drug-likeness (QED) is 0.696. The average molecular weight is 195 g/mol. The molecule has 3 rings (SSSR count). The van der Waals surface area contributed by atoms with Gasteiger partial charge in [0.25, 0.3) is 0 Å². The molecule has 5 heteroatoms. The Hall–Kier alpha value is -1.16. The third kappa shape index (κ3) is 1.02. The van der Waals surface area contributed by atoms with Gasteiger partial charge in [0.05, 0.1) is 18.0 Å². The van der Waals surface area contributed by atoms with Crippen molar-refractivity contribution < 1.29 is 0 Å². The minimum atomic E-state index is 0.386. The van der Waals surface area contributed by atoms with Gasteiger partial charge in [-0.3, -0.25) is 0 Å². The van der Waals surface area contributed by atoms with Crippen LogP contribution in [-0.4, -0.2) is 19.7 Å². The lowest BCUT2D eigenvalue weighted by Gasteiger charge is -1.98. The lowest BCUT2D eigenvalue weighted by atomic mass is 10.4. The maximum absolute atomic E-state index is 5.85. The van der Waals surface area contributed by atoms with Gasteiger partial charge in [-0.2, -0.15) is 5.10 Å². The minimum absolute atomic E-state index is 0.386. The Bertz CT molecular complexity index is 460.